The molecule has 0 radical (unpaired) electrons. The predicted octanol–water partition coefficient (Wildman–Crippen LogP) is 7.85. The second kappa shape index (κ2) is 12.5. The second-order valence-electron chi connectivity index (χ2n) is 12.0. The van der Waals surface area contributed by atoms with Crippen LogP contribution < -0.4 is 5.32 Å². The molecule has 2 amide bonds. The fraction of sp³-hybridized carbons (Fsp3) is 0.294. The summed E-state index contributed by atoms with van der Waals surface area (Å²) >= 11 is 11.9. The Labute approximate surface area is 286 Å². The molecule has 0 spiro atoms. The highest BCUT2D eigenvalue weighted by molar-refractivity contribution is 6.31. The highest BCUT2D eigenvalue weighted by atomic mass is 35.5. The molecule has 2 aromatic carbocycles. The van der Waals surface area contributed by atoms with Crippen molar-refractivity contribution in [3.63, 3.8) is 0 Å². The van der Waals surface area contributed by atoms with Crippen LogP contribution in [0.2, 0.25) is 10.0 Å². The molecule has 4 aromatic rings. The molecule has 2 aromatic heterocycles. The largest absolute Gasteiger partial charge is 0.417 e. The molecule has 1 unspecified atom stereocenters. The number of fused-ring (bicyclic) bond motifs is 3. The maximum Gasteiger partial charge on any atom is 0.417 e. The number of alkyl halides is 6. The summed E-state index contributed by atoms with van der Waals surface area (Å²) in [5, 5.41) is 3.27. The number of carbonyl (C=O) groups is 2. The van der Waals surface area contributed by atoms with Gasteiger partial charge < -0.3 is 15.1 Å². The molecule has 3 aliphatic rings. The third-order valence-electron chi connectivity index (χ3n) is 9.01. The molecule has 15 heteroatoms. The predicted molar refractivity (Wildman–Crippen MR) is 172 cm³/mol. The first-order valence-electron chi connectivity index (χ1n) is 15.0. The minimum absolute atomic E-state index is 0.00294. The van der Waals surface area contributed by atoms with E-state index in [9.17, 15) is 35.9 Å². The number of aromatic nitrogens is 2. The van der Waals surface area contributed by atoms with E-state index in [2.05, 4.69) is 15.3 Å². The number of hydrogen-bond donors (Lipinski definition) is 1. The molecule has 256 valence electrons. The molecule has 5 heterocycles. The van der Waals surface area contributed by atoms with Crippen LogP contribution in [0.1, 0.15) is 39.3 Å². The zero-order chi connectivity index (χ0) is 35.5. The first-order valence-corrected chi connectivity index (χ1v) is 15.8. The number of anilines is 1. The summed E-state index contributed by atoms with van der Waals surface area (Å²) in [5.41, 5.74) is -2.62. The van der Waals surface area contributed by atoms with Gasteiger partial charge in [-0.25, -0.2) is 4.98 Å². The topological polar surface area (TPSA) is 78.4 Å². The fourth-order valence-corrected chi connectivity index (χ4v) is 6.98. The Morgan fingerprint density at radius 1 is 0.878 bits per heavy atom. The smallest absolute Gasteiger partial charge is 0.351 e. The molecule has 7 rings (SSSR count). The molecular formula is C34H27Cl2F6N5O2. The number of halogens is 8. The van der Waals surface area contributed by atoms with E-state index in [4.69, 9.17) is 23.2 Å². The molecular weight excluding hydrogens is 695 g/mol. The van der Waals surface area contributed by atoms with Gasteiger partial charge in [-0.1, -0.05) is 29.3 Å². The second-order valence-corrected chi connectivity index (χ2v) is 12.9. The molecule has 1 atom stereocenters. The fourth-order valence-electron chi connectivity index (χ4n) is 6.64. The van der Waals surface area contributed by atoms with Crippen LogP contribution in [0.4, 0.5) is 32.0 Å². The number of rotatable bonds is 2. The average molecular weight is 723 g/mol. The molecule has 7 nitrogen and oxygen atoms in total. The van der Waals surface area contributed by atoms with Crippen LogP contribution in [0.25, 0.3) is 10.9 Å². The summed E-state index contributed by atoms with van der Waals surface area (Å²) in [5.74, 6) is -0.935. The first kappa shape index (κ1) is 34.5. The maximum absolute atomic E-state index is 14.8. The van der Waals surface area contributed by atoms with E-state index in [1.54, 1.807) is 32.3 Å². The van der Waals surface area contributed by atoms with Gasteiger partial charge in [-0.3, -0.25) is 14.6 Å². The highest BCUT2D eigenvalue weighted by Crippen LogP contribution is 2.56. The van der Waals surface area contributed by atoms with Crippen LogP contribution in [0.5, 0.6) is 0 Å². The van der Waals surface area contributed by atoms with Gasteiger partial charge in [-0.15, -0.1) is 0 Å². The average Bonchev–Trinajstić information content (AvgIpc) is 3.04. The van der Waals surface area contributed by atoms with Gasteiger partial charge in [0.15, 0.2) is 0 Å². The Hall–Kier alpha value is -4.36. The van der Waals surface area contributed by atoms with E-state index in [1.165, 1.54) is 52.4 Å². The van der Waals surface area contributed by atoms with Crippen molar-refractivity contribution in [2.24, 2.45) is 0 Å². The summed E-state index contributed by atoms with van der Waals surface area (Å²) < 4.78 is 84.9. The van der Waals surface area contributed by atoms with Gasteiger partial charge in [0.05, 0.1) is 11.1 Å². The summed E-state index contributed by atoms with van der Waals surface area (Å²) in [6.45, 7) is 0.456. The van der Waals surface area contributed by atoms with Crippen LogP contribution in [-0.4, -0.2) is 64.9 Å². The van der Waals surface area contributed by atoms with Gasteiger partial charge in [-0.2, -0.15) is 26.3 Å². The monoisotopic (exact) mass is 721 g/mol. The first-order chi connectivity index (χ1) is 23.0. The van der Waals surface area contributed by atoms with Gasteiger partial charge in [0, 0.05) is 66.6 Å². The summed E-state index contributed by atoms with van der Waals surface area (Å²) in [4.78, 5) is 35.8. The summed E-state index contributed by atoms with van der Waals surface area (Å²) in [6.07, 6.45) is -7.91. The summed E-state index contributed by atoms with van der Waals surface area (Å²) in [7, 11) is 3.13. The lowest BCUT2D eigenvalue weighted by Gasteiger charge is -2.46. The van der Waals surface area contributed by atoms with Gasteiger partial charge in [0.1, 0.15) is 16.8 Å². The molecule has 1 N–H and O–H groups in total. The van der Waals surface area contributed by atoms with Crippen LogP contribution in [0.15, 0.2) is 72.1 Å². The number of hydrogen-bond acceptors (Lipinski definition) is 5. The third kappa shape index (κ3) is 6.07. The lowest BCUT2D eigenvalue weighted by Crippen LogP contribution is -2.53. The Bertz CT molecular complexity index is 2020. The maximum atomic E-state index is 14.8. The Morgan fingerprint density at radius 3 is 2.22 bits per heavy atom. The van der Waals surface area contributed by atoms with Crippen molar-refractivity contribution in [1.82, 2.24) is 19.8 Å². The van der Waals surface area contributed by atoms with E-state index in [0.29, 0.717) is 5.69 Å². The van der Waals surface area contributed by atoms with Crippen molar-refractivity contribution in [2.75, 3.05) is 32.5 Å². The standard InChI is InChI=1S/C20H17ClF3N3O.C14H10ClF3N2O/c1-27-9-7-14-17(18(27)28)26-16-6-5-12(21)10-15(16)19(14,20(22,23)24)11-13-4-2-3-8-25-13;1-20-5-4-8-11(14(16,17)18)9-6-7(15)2-3-10(9)19-12(8)13(20)21/h2-6,8,10,26H,7,9,11H2,1H3;2-3,6H,4-5H2,1H3. The van der Waals surface area contributed by atoms with Gasteiger partial charge in [-0.05, 0) is 78.1 Å². The van der Waals surface area contributed by atoms with Gasteiger partial charge in [0.2, 0.25) is 0 Å². The van der Waals surface area contributed by atoms with E-state index in [-0.39, 0.29) is 80.7 Å². The third-order valence-corrected chi connectivity index (χ3v) is 9.48. The minimum Gasteiger partial charge on any atom is -0.351 e. The van der Waals surface area contributed by atoms with E-state index in [1.807, 2.05) is 0 Å². The van der Waals surface area contributed by atoms with Crippen molar-refractivity contribution in [1.29, 1.82) is 0 Å². The van der Waals surface area contributed by atoms with E-state index >= 15 is 0 Å². The lowest BCUT2D eigenvalue weighted by molar-refractivity contribution is -0.181. The highest BCUT2D eigenvalue weighted by Gasteiger charge is 2.62. The molecule has 0 bridgehead atoms. The number of amides is 2. The van der Waals surface area contributed by atoms with Crippen molar-refractivity contribution in [2.45, 2.75) is 37.0 Å². The van der Waals surface area contributed by atoms with Crippen LogP contribution in [0.3, 0.4) is 0 Å². The van der Waals surface area contributed by atoms with Crippen molar-refractivity contribution in [3.05, 3.63) is 110 Å². The Balaban J connectivity index is 0.000000177. The van der Waals surface area contributed by atoms with Gasteiger partial charge >= 0.3 is 12.4 Å². The normalized spacial score (nSPS) is 19.1. The summed E-state index contributed by atoms with van der Waals surface area (Å²) in [6, 6.07) is 13.3. The molecule has 0 fully saturated rings. The lowest BCUT2D eigenvalue weighted by atomic mass is 9.65. The number of nitrogens with one attached hydrogen (secondary N) is 1. The van der Waals surface area contributed by atoms with Crippen LogP contribution >= 0.6 is 23.2 Å². The van der Waals surface area contributed by atoms with Crippen LogP contribution in [-0.2, 0) is 29.2 Å². The molecule has 3 aliphatic heterocycles. The number of benzene rings is 2. The molecule has 0 aliphatic carbocycles. The van der Waals surface area contributed by atoms with Crippen LogP contribution in [0, 0.1) is 0 Å². The SMILES string of the molecule is CN1CCC2=C(Nc3ccc(Cl)cc3C2(Cc2ccccn2)C(F)(F)F)C1=O.CN1CCc2c(nc3ccc(Cl)cc3c2C(F)(F)F)C1=O. The van der Waals surface area contributed by atoms with E-state index in [0.717, 1.165) is 0 Å². The van der Waals surface area contributed by atoms with E-state index < -0.39 is 41.6 Å². The van der Waals surface area contributed by atoms with Crippen molar-refractivity contribution < 1.29 is 35.9 Å². The number of likely N-dealkylation sites (N-methyl/N-ethyl adjacent to an activating group) is 2. The molecule has 49 heavy (non-hydrogen) atoms. The number of carbonyl (C=O) groups excluding carboxylic acids is 2. The van der Waals surface area contributed by atoms with Crippen molar-refractivity contribution in [3.8, 4) is 0 Å². The quantitative estimate of drug-likeness (QED) is 0.214. The zero-order valence-corrected chi connectivity index (χ0v) is 27.4. The Kier molecular flexibility index (Phi) is 8.81. The minimum atomic E-state index is -4.65. The number of nitrogens with zero attached hydrogens (tertiary/aromatic N) is 4. The van der Waals surface area contributed by atoms with Crippen molar-refractivity contribution >= 4 is 51.6 Å². The number of pyridine rings is 2. The Morgan fingerprint density at radius 2 is 1.55 bits per heavy atom. The van der Waals surface area contributed by atoms with Gasteiger partial charge in [0.25, 0.3) is 11.8 Å². The molecule has 0 saturated heterocycles. The zero-order valence-electron chi connectivity index (χ0n) is 25.9. The molecule has 0 saturated carbocycles.